The normalized spacial score (nSPS) is 15.1. The highest BCUT2D eigenvalue weighted by Gasteiger charge is 2.28. The quantitative estimate of drug-likeness (QED) is 0.463. The van der Waals surface area contributed by atoms with Crippen LogP contribution in [0.25, 0.3) is 10.8 Å². The Balaban J connectivity index is 1.49. The highest BCUT2D eigenvalue weighted by atomic mass is 19.1. The van der Waals surface area contributed by atoms with Gasteiger partial charge in [-0.05, 0) is 60.2 Å². The predicted molar refractivity (Wildman–Crippen MR) is 134 cm³/mol. The molecule has 3 aromatic rings. The van der Waals surface area contributed by atoms with E-state index in [1.165, 1.54) is 18.6 Å². The largest absolute Gasteiger partial charge is 0.352 e. The van der Waals surface area contributed by atoms with E-state index in [2.05, 4.69) is 29.6 Å². The third-order valence-electron chi connectivity index (χ3n) is 6.87. The predicted octanol–water partition coefficient (Wildman–Crippen LogP) is 5.78. The number of halogens is 1. The fourth-order valence-corrected chi connectivity index (χ4v) is 4.83. The van der Waals surface area contributed by atoms with Gasteiger partial charge in [0.15, 0.2) is 0 Å². The second-order valence-electron chi connectivity index (χ2n) is 9.31. The maximum atomic E-state index is 13.4. The average Bonchev–Trinajstić information content (AvgIpc) is 2.87. The Morgan fingerprint density at radius 2 is 1.68 bits per heavy atom. The molecule has 1 aliphatic rings. The molecule has 1 aliphatic carbocycles. The zero-order valence-corrected chi connectivity index (χ0v) is 19.8. The highest BCUT2D eigenvalue weighted by molar-refractivity contribution is 5.89. The number of nitrogens with one attached hydrogen (secondary N) is 1. The van der Waals surface area contributed by atoms with Crippen LogP contribution in [-0.4, -0.2) is 28.8 Å². The number of carbonyl (C=O) groups excluding carboxylic acids is 2. The zero-order chi connectivity index (χ0) is 23.9. The van der Waals surface area contributed by atoms with Crippen LogP contribution in [0.1, 0.15) is 56.6 Å². The summed E-state index contributed by atoms with van der Waals surface area (Å²) in [6.45, 7) is 2.06. The van der Waals surface area contributed by atoms with E-state index in [1.807, 2.05) is 18.2 Å². The number of rotatable bonds is 8. The van der Waals surface area contributed by atoms with Gasteiger partial charge in [-0.15, -0.1) is 0 Å². The van der Waals surface area contributed by atoms with Gasteiger partial charge in [0.25, 0.3) is 0 Å². The monoisotopic (exact) mass is 460 g/mol. The van der Waals surface area contributed by atoms with E-state index in [9.17, 15) is 14.0 Å². The van der Waals surface area contributed by atoms with Gasteiger partial charge < -0.3 is 10.2 Å². The van der Waals surface area contributed by atoms with Crippen molar-refractivity contribution < 1.29 is 14.0 Å². The summed E-state index contributed by atoms with van der Waals surface area (Å²) in [5.74, 6) is -0.517. The van der Waals surface area contributed by atoms with Crippen molar-refractivity contribution in [1.82, 2.24) is 10.2 Å². The van der Waals surface area contributed by atoms with Crippen LogP contribution in [0.2, 0.25) is 0 Å². The van der Waals surface area contributed by atoms with E-state index < -0.39 is 6.04 Å². The van der Waals surface area contributed by atoms with E-state index in [-0.39, 0.29) is 30.2 Å². The molecule has 1 saturated carbocycles. The van der Waals surface area contributed by atoms with Crippen LogP contribution in [-0.2, 0) is 22.6 Å². The number of amides is 2. The van der Waals surface area contributed by atoms with Crippen molar-refractivity contribution in [2.45, 2.75) is 70.5 Å². The molecule has 34 heavy (non-hydrogen) atoms. The summed E-state index contributed by atoms with van der Waals surface area (Å²) in [6, 6.07) is 20.0. The minimum Gasteiger partial charge on any atom is -0.352 e. The molecule has 1 atom stereocenters. The van der Waals surface area contributed by atoms with E-state index in [0.717, 1.165) is 47.6 Å². The van der Waals surface area contributed by atoms with E-state index in [1.54, 1.807) is 24.0 Å². The molecule has 1 fully saturated rings. The molecule has 0 radical (unpaired) electrons. The number of aryl methyl sites for hydroxylation is 1. The van der Waals surface area contributed by atoms with Gasteiger partial charge in [-0.3, -0.25) is 9.59 Å². The lowest BCUT2D eigenvalue weighted by Crippen LogP contribution is -2.50. The van der Waals surface area contributed by atoms with Crippen LogP contribution < -0.4 is 5.32 Å². The number of nitrogens with zero attached hydrogens (tertiary/aromatic N) is 1. The Labute approximate surface area is 201 Å². The van der Waals surface area contributed by atoms with Gasteiger partial charge in [0.2, 0.25) is 11.8 Å². The summed E-state index contributed by atoms with van der Waals surface area (Å²) in [7, 11) is 0. The van der Waals surface area contributed by atoms with E-state index in [4.69, 9.17) is 0 Å². The van der Waals surface area contributed by atoms with E-state index in [0.29, 0.717) is 12.8 Å². The van der Waals surface area contributed by atoms with Crippen LogP contribution in [0.5, 0.6) is 0 Å². The summed E-state index contributed by atoms with van der Waals surface area (Å²) < 4.78 is 13.4. The Bertz CT molecular complexity index is 1120. The van der Waals surface area contributed by atoms with Crippen molar-refractivity contribution in [3.8, 4) is 0 Å². The molecule has 1 unspecified atom stereocenters. The molecule has 4 rings (SSSR count). The first-order valence-electron chi connectivity index (χ1n) is 12.3. The molecule has 4 nitrogen and oxygen atoms in total. The van der Waals surface area contributed by atoms with Gasteiger partial charge >= 0.3 is 0 Å². The van der Waals surface area contributed by atoms with Crippen LogP contribution in [0, 0.1) is 5.82 Å². The van der Waals surface area contributed by atoms with Crippen molar-refractivity contribution in [2.75, 3.05) is 0 Å². The van der Waals surface area contributed by atoms with E-state index >= 15 is 0 Å². The maximum absolute atomic E-state index is 13.4. The summed E-state index contributed by atoms with van der Waals surface area (Å²) in [6.07, 6.45) is 6.35. The fraction of sp³-hybridized carbons (Fsp3) is 0.379. The maximum Gasteiger partial charge on any atom is 0.242 e. The molecular weight excluding hydrogens is 427 g/mol. The van der Waals surface area contributed by atoms with Gasteiger partial charge in [-0.25, -0.2) is 4.39 Å². The number of benzene rings is 3. The Kier molecular flexibility index (Phi) is 7.94. The van der Waals surface area contributed by atoms with Crippen molar-refractivity contribution in [1.29, 1.82) is 0 Å². The molecule has 0 spiro atoms. The zero-order valence-electron chi connectivity index (χ0n) is 19.8. The van der Waals surface area contributed by atoms with Crippen LogP contribution in [0.4, 0.5) is 4.39 Å². The lowest BCUT2D eigenvalue weighted by Gasteiger charge is -2.31. The van der Waals surface area contributed by atoms with Gasteiger partial charge in [0, 0.05) is 19.0 Å². The molecule has 1 N–H and O–H groups in total. The first kappa shape index (κ1) is 23.9. The molecule has 5 heteroatoms. The molecule has 3 aromatic carbocycles. The first-order valence-corrected chi connectivity index (χ1v) is 12.3. The Morgan fingerprint density at radius 3 is 2.44 bits per heavy atom. The van der Waals surface area contributed by atoms with Crippen molar-refractivity contribution >= 4 is 22.6 Å². The highest BCUT2D eigenvalue weighted by Crippen LogP contribution is 2.22. The number of carbonyl (C=O) groups is 2. The third-order valence-corrected chi connectivity index (χ3v) is 6.87. The van der Waals surface area contributed by atoms with Crippen LogP contribution >= 0.6 is 0 Å². The second kappa shape index (κ2) is 11.3. The first-order chi connectivity index (χ1) is 16.5. The van der Waals surface area contributed by atoms with Crippen molar-refractivity contribution in [2.24, 2.45) is 0 Å². The molecule has 0 aromatic heterocycles. The molecule has 0 heterocycles. The molecule has 0 aliphatic heterocycles. The minimum absolute atomic E-state index is 0.0800. The van der Waals surface area contributed by atoms with Gasteiger partial charge in [-0.2, -0.15) is 0 Å². The summed E-state index contributed by atoms with van der Waals surface area (Å²) in [5, 5.41) is 5.45. The molecule has 2 amide bonds. The molecule has 0 bridgehead atoms. The van der Waals surface area contributed by atoms with Gasteiger partial charge in [0.05, 0.1) is 0 Å². The van der Waals surface area contributed by atoms with Gasteiger partial charge in [-0.1, -0.05) is 73.9 Å². The van der Waals surface area contributed by atoms with Crippen LogP contribution in [0.15, 0.2) is 66.7 Å². The number of fused-ring (bicyclic) bond motifs is 1. The topological polar surface area (TPSA) is 49.4 Å². The van der Waals surface area contributed by atoms with Crippen molar-refractivity contribution in [3.05, 3.63) is 83.7 Å². The standard InChI is InChI=1S/C29H33FN2O2/c1-21(29(34)31-26-11-3-2-4-12-26)32(20-22-14-17-25(30)18-15-22)28(33)19-16-24-10-7-9-23-8-5-6-13-27(23)24/h5-10,13-15,17-18,21,26H,2-4,11-12,16,19-20H2,1H3,(H,31,34). The third kappa shape index (κ3) is 6.02. The summed E-state index contributed by atoms with van der Waals surface area (Å²) in [5.41, 5.74) is 1.92. The number of hydrogen-bond donors (Lipinski definition) is 1. The van der Waals surface area contributed by atoms with Crippen LogP contribution in [0.3, 0.4) is 0 Å². The molecular formula is C29H33FN2O2. The summed E-state index contributed by atoms with van der Waals surface area (Å²) in [4.78, 5) is 28.2. The smallest absolute Gasteiger partial charge is 0.242 e. The average molecular weight is 461 g/mol. The molecule has 178 valence electrons. The summed E-state index contributed by atoms with van der Waals surface area (Å²) >= 11 is 0. The lowest BCUT2D eigenvalue weighted by molar-refractivity contribution is -0.141. The van der Waals surface area contributed by atoms with Gasteiger partial charge in [0.1, 0.15) is 11.9 Å². The number of hydrogen-bond acceptors (Lipinski definition) is 2. The Morgan fingerprint density at radius 1 is 0.971 bits per heavy atom. The van der Waals surface area contributed by atoms with Crippen molar-refractivity contribution in [3.63, 3.8) is 0 Å². The molecule has 0 saturated heterocycles. The fourth-order valence-electron chi connectivity index (χ4n) is 4.83. The Hall–Kier alpha value is -3.21. The minimum atomic E-state index is -0.605. The SMILES string of the molecule is CC(C(=O)NC1CCCCC1)N(Cc1ccc(F)cc1)C(=O)CCc1cccc2ccccc12. The second-order valence-corrected chi connectivity index (χ2v) is 9.31. The lowest BCUT2D eigenvalue weighted by atomic mass is 9.95.